The Morgan fingerprint density at radius 2 is 2.15 bits per heavy atom. The van der Waals surface area contributed by atoms with Gasteiger partial charge in [-0.3, -0.25) is 14.6 Å². The standard InChI is InChI=1S/C18H22N4O4/c1-11-17(12(2)26-21-11)18(24)22-7-8-25-15(10-22)14-5-3-13(9-20-14)4-6-16(19)23/h3,5,9,15H,4,6-8,10H2,1-2H3,(H2,19,23). The summed E-state index contributed by atoms with van der Waals surface area (Å²) in [4.78, 5) is 29.8. The molecular formula is C18H22N4O4. The zero-order valence-electron chi connectivity index (χ0n) is 14.9. The van der Waals surface area contributed by atoms with Gasteiger partial charge in [-0.15, -0.1) is 0 Å². The number of carbonyl (C=O) groups excluding carboxylic acids is 2. The van der Waals surface area contributed by atoms with Gasteiger partial charge in [0.1, 0.15) is 17.4 Å². The number of hydrogen-bond acceptors (Lipinski definition) is 6. The number of carbonyl (C=O) groups is 2. The molecule has 2 amide bonds. The van der Waals surface area contributed by atoms with E-state index in [9.17, 15) is 9.59 Å². The van der Waals surface area contributed by atoms with Crippen LogP contribution in [0.15, 0.2) is 22.9 Å². The van der Waals surface area contributed by atoms with Crippen molar-refractivity contribution in [3.8, 4) is 0 Å². The molecule has 1 atom stereocenters. The smallest absolute Gasteiger partial charge is 0.259 e. The van der Waals surface area contributed by atoms with Gasteiger partial charge in [-0.1, -0.05) is 11.2 Å². The monoisotopic (exact) mass is 358 g/mol. The summed E-state index contributed by atoms with van der Waals surface area (Å²) < 4.78 is 10.9. The number of nitrogens with two attached hydrogens (primary N) is 1. The van der Waals surface area contributed by atoms with Gasteiger partial charge in [-0.25, -0.2) is 0 Å². The van der Waals surface area contributed by atoms with Crippen molar-refractivity contribution >= 4 is 11.8 Å². The van der Waals surface area contributed by atoms with Crippen molar-refractivity contribution < 1.29 is 18.8 Å². The summed E-state index contributed by atoms with van der Waals surface area (Å²) in [5.74, 6) is 0.0817. The van der Waals surface area contributed by atoms with Crippen LogP contribution < -0.4 is 5.73 Å². The van der Waals surface area contributed by atoms with Gasteiger partial charge in [-0.2, -0.15) is 0 Å². The van der Waals surface area contributed by atoms with Gasteiger partial charge in [-0.05, 0) is 31.9 Å². The predicted molar refractivity (Wildman–Crippen MR) is 92.3 cm³/mol. The summed E-state index contributed by atoms with van der Waals surface area (Å²) in [6.45, 7) is 4.85. The van der Waals surface area contributed by atoms with Crippen molar-refractivity contribution in [2.24, 2.45) is 5.73 Å². The number of ether oxygens (including phenoxy) is 1. The summed E-state index contributed by atoms with van der Waals surface area (Å²) in [5, 5.41) is 3.85. The van der Waals surface area contributed by atoms with Gasteiger partial charge >= 0.3 is 0 Å². The van der Waals surface area contributed by atoms with Crippen LogP contribution in [0, 0.1) is 13.8 Å². The number of primary amides is 1. The lowest BCUT2D eigenvalue weighted by Crippen LogP contribution is -2.42. The van der Waals surface area contributed by atoms with E-state index >= 15 is 0 Å². The minimum Gasteiger partial charge on any atom is -0.370 e. The highest BCUT2D eigenvalue weighted by Gasteiger charge is 2.30. The average Bonchev–Trinajstić information content (AvgIpc) is 2.98. The predicted octanol–water partition coefficient (Wildman–Crippen LogP) is 1.32. The van der Waals surface area contributed by atoms with Gasteiger partial charge in [0.05, 0.1) is 24.5 Å². The van der Waals surface area contributed by atoms with Crippen LogP contribution in [-0.2, 0) is 16.0 Å². The Balaban J connectivity index is 1.68. The quantitative estimate of drug-likeness (QED) is 0.863. The molecule has 0 saturated carbocycles. The Morgan fingerprint density at radius 3 is 2.77 bits per heavy atom. The number of nitrogens with zero attached hydrogens (tertiary/aromatic N) is 3. The normalized spacial score (nSPS) is 17.3. The molecule has 0 aromatic carbocycles. The molecule has 2 aromatic heterocycles. The second kappa shape index (κ2) is 7.65. The Kier molecular flexibility index (Phi) is 5.32. The second-order valence-corrected chi connectivity index (χ2v) is 6.37. The number of rotatable bonds is 5. The first-order valence-corrected chi connectivity index (χ1v) is 8.52. The van der Waals surface area contributed by atoms with Gasteiger partial charge in [0.15, 0.2) is 0 Å². The van der Waals surface area contributed by atoms with Crippen LogP contribution in [0.5, 0.6) is 0 Å². The highest BCUT2D eigenvalue weighted by Crippen LogP contribution is 2.24. The summed E-state index contributed by atoms with van der Waals surface area (Å²) in [5.41, 5.74) is 7.96. The lowest BCUT2D eigenvalue weighted by atomic mass is 10.1. The maximum absolute atomic E-state index is 12.8. The van der Waals surface area contributed by atoms with Gasteiger partial charge in [0.25, 0.3) is 5.91 Å². The van der Waals surface area contributed by atoms with E-state index in [1.54, 1.807) is 24.9 Å². The van der Waals surface area contributed by atoms with E-state index in [2.05, 4.69) is 10.1 Å². The zero-order valence-corrected chi connectivity index (χ0v) is 14.9. The van der Waals surface area contributed by atoms with Crippen molar-refractivity contribution in [3.63, 3.8) is 0 Å². The molecule has 8 heteroatoms. The third kappa shape index (κ3) is 3.91. The fraction of sp³-hybridized carbons (Fsp3) is 0.444. The third-order valence-corrected chi connectivity index (χ3v) is 4.44. The molecule has 1 fully saturated rings. The minimum absolute atomic E-state index is 0.104. The highest BCUT2D eigenvalue weighted by atomic mass is 16.5. The van der Waals surface area contributed by atoms with E-state index in [1.807, 2.05) is 12.1 Å². The third-order valence-electron chi connectivity index (χ3n) is 4.44. The number of morpholine rings is 1. The molecule has 26 heavy (non-hydrogen) atoms. The lowest BCUT2D eigenvalue weighted by Gasteiger charge is -2.32. The largest absolute Gasteiger partial charge is 0.370 e. The van der Waals surface area contributed by atoms with E-state index in [0.717, 1.165) is 11.3 Å². The number of pyridine rings is 1. The minimum atomic E-state index is -0.335. The van der Waals surface area contributed by atoms with Crippen LogP contribution in [0.3, 0.4) is 0 Å². The first-order chi connectivity index (χ1) is 12.5. The molecule has 1 aliphatic heterocycles. The van der Waals surface area contributed by atoms with E-state index in [4.69, 9.17) is 15.0 Å². The molecule has 2 N–H and O–H groups in total. The fourth-order valence-electron chi connectivity index (χ4n) is 3.00. The van der Waals surface area contributed by atoms with E-state index in [1.165, 1.54) is 0 Å². The first kappa shape index (κ1) is 18.1. The van der Waals surface area contributed by atoms with Crippen LogP contribution in [0.2, 0.25) is 0 Å². The molecule has 2 aromatic rings. The molecule has 0 spiro atoms. The molecule has 8 nitrogen and oxygen atoms in total. The van der Waals surface area contributed by atoms with Crippen molar-refractivity contribution in [1.29, 1.82) is 0 Å². The molecule has 1 saturated heterocycles. The summed E-state index contributed by atoms with van der Waals surface area (Å²) in [7, 11) is 0. The summed E-state index contributed by atoms with van der Waals surface area (Å²) in [6, 6.07) is 3.77. The molecule has 0 radical (unpaired) electrons. The van der Waals surface area contributed by atoms with E-state index in [-0.39, 0.29) is 17.9 Å². The Labute approximate surface area is 151 Å². The van der Waals surface area contributed by atoms with E-state index < -0.39 is 0 Å². The second-order valence-electron chi connectivity index (χ2n) is 6.37. The number of aryl methyl sites for hydroxylation is 3. The molecular weight excluding hydrogens is 336 g/mol. The van der Waals surface area contributed by atoms with Crippen molar-refractivity contribution in [2.75, 3.05) is 19.7 Å². The molecule has 138 valence electrons. The maximum Gasteiger partial charge on any atom is 0.259 e. The fourth-order valence-corrected chi connectivity index (χ4v) is 3.00. The number of aromatic nitrogens is 2. The Hall–Kier alpha value is -2.74. The van der Waals surface area contributed by atoms with Crippen LogP contribution >= 0.6 is 0 Å². The van der Waals surface area contributed by atoms with Crippen molar-refractivity contribution in [2.45, 2.75) is 32.8 Å². The molecule has 3 rings (SSSR count). The molecule has 1 aliphatic rings. The van der Waals surface area contributed by atoms with Crippen molar-refractivity contribution in [1.82, 2.24) is 15.0 Å². The maximum atomic E-state index is 12.8. The highest BCUT2D eigenvalue weighted by molar-refractivity contribution is 5.96. The summed E-state index contributed by atoms with van der Waals surface area (Å²) in [6.07, 6.45) is 2.28. The average molecular weight is 358 g/mol. The van der Waals surface area contributed by atoms with Gasteiger partial charge in [0.2, 0.25) is 5.91 Å². The number of amides is 2. The summed E-state index contributed by atoms with van der Waals surface area (Å²) >= 11 is 0. The van der Waals surface area contributed by atoms with Gasteiger partial charge in [0, 0.05) is 19.2 Å². The van der Waals surface area contributed by atoms with Crippen LogP contribution in [0.25, 0.3) is 0 Å². The first-order valence-electron chi connectivity index (χ1n) is 8.52. The Morgan fingerprint density at radius 1 is 1.35 bits per heavy atom. The van der Waals surface area contributed by atoms with Crippen molar-refractivity contribution in [3.05, 3.63) is 46.6 Å². The van der Waals surface area contributed by atoms with Crippen LogP contribution in [0.4, 0.5) is 0 Å². The zero-order chi connectivity index (χ0) is 18.7. The van der Waals surface area contributed by atoms with Crippen LogP contribution in [-0.4, -0.2) is 46.6 Å². The molecule has 1 unspecified atom stereocenters. The SMILES string of the molecule is Cc1noc(C)c1C(=O)N1CCOC(c2ccc(CCC(N)=O)cn2)C1. The Bertz CT molecular complexity index is 781. The molecule has 3 heterocycles. The topological polar surface area (TPSA) is 112 Å². The molecule has 0 aliphatic carbocycles. The lowest BCUT2D eigenvalue weighted by molar-refractivity contribution is -0.117. The van der Waals surface area contributed by atoms with Gasteiger partial charge < -0.3 is 19.9 Å². The molecule has 0 bridgehead atoms. The van der Waals surface area contributed by atoms with Crippen LogP contribution in [0.1, 0.15) is 45.6 Å². The number of hydrogen-bond donors (Lipinski definition) is 1. The van der Waals surface area contributed by atoms with E-state index in [0.29, 0.717) is 49.6 Å².